The van der Waals surface area contributed by atoms with E-state index in [4.69, 9.17) is 9.26 Å². The van der Waals surface area contributed by atoms with Crippen LogP contribution in [-0.2, 0) is 16.8 Å². The lowest BCUT2D eigenvalue weighted by Crippen LogP contribution is -2.28. The summed E-state index contributed by atoms with van der Waals surface area (Å²) in [6.45, 7) is 4.15. The van der Waals surface area contributed by atoms with Gasteiger partial charge in [0.2, 0.25) is 11.8 Å². The first-order chi connectivity index (χ1) is 11.6. The lowest BCUT2D eigenvalue weighted by Gasteiger charge is -2.12. The van der Waals surface area contributed by atoms with E-state index in [2.05, 4.69) is 21.5 Å². The Kier molecular flexibility index (Phi) is 4.55. The Morgan fingerprint density at radius 3 is 2.92 bits per heavy atom. The van der Waals surface area contributed by atoms with Gasteiger partial charge in [-0.2, -0.15) is 4.98 Å². The number of carbonyl (C=O) groups excluding carboxylic acids is 1. The normalized spacial score (nSPS) is 16.5. The molecule has 1 amide bonds. The van der Waals surface area contributed by atoms with Crippen LogP contribution < -0.4 is 10.1 Å². The van der Waals surface area contributed by atoms with E-state index in [1.54, 1.807) is 7.11 Å². The standard InChI is InChI=1S/C18H23N3O3/c1-4-12(2)16(22)19-11-15-20-17(21-24-15)18(8-9-18)13-6-5-7-14(10-13)23-3/h5-7,10,12H,4,8-9,11H2,1-3H3,(H,19,22). The minimum atomic E-state index is -0.184. The van der Waals surface area contributed by atoms with Gasteiger partial charge in [-0.3, -0.25) is 4.79 Å². The molecule has 1 aliphatic carbocycles. The molecule has 1 atom stereocenters. The van der Waals surface area contributed by atoms with Crippen LogP contribution in [0.2, 0.25) is 0 Å². The molecule has 0 saturated heterocycles. The third kappa shape index (κ3) is 3.13. The highest BCUT2D eigenvalue weighted by molar-refractivity contribution is 5.78. The van der Waals surface area contributed by atoms with Gasteiger partial charge in [0, 0.05) is 5.92 Å². The number of methoxy groups -OCH3 is 1. The first-order valence-electron chi connectivity index (χ1n) is 8.34. The van der Waals surface area contributed by atoms with E-state index in [0.717, 1.165) is 30.6 Å². The van der Waals surface area contributed by atoms with Crippen LogP contribution in [0.15, 0.2) is 28.8 Å². The number of ether oxygens (including phenoxy) is 1. The molecule has 1 aromatic heterocycles. The smallest absolute Gasteiger partial charge is 0.246 e. The molecule has 0 radical (unpaired) electrons. The zero-order valence-corrected chi connectivity index (χ0v) is 14.3. The van der Waals surface area contributed by atoms with Crippen LogP contribution in [0.1, 0.15) is 50.4 Å². The molecule has 1 unspecified atom stereocenters. The molecule has 0 spiro atoms. The molecule has 128 valence electrons. The molecule has 3 rings (SSSR count). The molecule has 6 nitrogen and oxygen atoms in total. The van der Waals surface area contributed by atoms with E-state index in [0.29, 0.717) is 11.7 Å². The average molecular weight is 329 g/mol. The summed E-state index contributed by atoms with van der Waals surface area (Å²) in [5.41, 5.74) is 0.953. The Hall–Kier alpha value is -2.37. The Bertz CT molecular complexity index is 722. The topological polar surface area (TPSA) is 77.2 Å². The highest BCUT2D eigenvalue weighted by atomic mass is 16.5. The van der Waals surface area contributed by atoms with E-state index in [1.807, 2.05) is 32.0 Å². The highest BCUT2D eigenvalue weighted by Gasteiger charge is 2.50. The van der Waals surface area contributed by atoms with E-state index in [9.17, 15) is 4.79 Å². The number of nitrogens with zero attached hydrogens (tertiary/aromatic N) is 2. The van der Waals surface area contributed by atoms with Crippen LogP contribution in [0.3, 0.4) is 0 Å². The van der Waals surface area contributed by atoms with Crippen LogP contribution in [0.4, 0.5) is 0 Å². The summed E-state index contributed by atoms with van der Waals surface area (Å²) < 4.78 is 10.6. The number of benzene rings is 1. The van der Waals surface area contributed by atoms with Crippen LogP contribution in [0.25, 0.3) is 0 Å². The van der Waals surface area contributed by atoms with Crippen molar-refractivity contribution in [1.82, 2.24) is 15.5 Å². The van der Waals surface area contributed by atoms with Crippen LogP contribution in [-0.4, -0.2) is 23.2 Å². The zero-order chi connectivity index (χ0) is 17.2. The van der Waals surface area contributed by atoms with Gasteiger partial charge in [-0.05, 0) is 37.0 Å². The Morgan fingerprint density at radius 1 is 1.46 bits per heavy atom. The van der Waals surface area contributed by atoms with Crippen LogP contribution in [0, 0.1) is 5.92 Å². The van der Waals surface area contributed by atoms with Gasteiger partial charge >= 0.3 is 0 Å². The van der Waals surface area contributed by atoms with Crippen molar-refractivity contribution in [1.29, 1.82) is 0 Å². The first kappa shape index (κ1) is 16.5. The van der Waals surface area contributed by atoms with Gasteiger partial charge in [0.1, 0.15) is 5.75 Å². The fourth-order valence-corrected chi connectivity index (χ4v) is 2.73. The third-order valence-electron chi connectivity index (χ3n) is 4.74. The Labute approximate surface area is 141 Å². The van der Waals surface area contributed by atoms with Crippen molar-refractivity contribution in [2.24, 2.45) is 5.92 Å². The Balaban J connectivity index is 1.72. The molecular formula is C18H23N3O3. The van der Waals surface area contributed by atoms with Crippen LogP contribution >= 0.6 is 0 Å². The molecular weight excluding hydrogens is 306 g/mol. The lowest BCUT2D eigenvalue weighted by atomic mass is 9.95. The monoisotopic (exact) mass is 329 g/mol. The average Bonchev–Trinajstić information content (AvgIpc) is 3.30. The summed E-state index contributed by atoms with van der Waals surface area (Å²) in [6.07, 6.45) is 2.77. The number of amides is 1. The fourth-order valence-electron chi connectivity index (χ4n) is 2.73. The van der Waals surface area contributed by atoms with Crippen molar-refractivity contribution in [3.05, 3.63) is 41.5 Å². The summed E-state index contributed by atoms with van der Waals surface area (Å²) in [5.74, 6) is 1.94. The fraction of sp³-hybridized carbons (Fsp3) is 0.500. The minimum absolute atomic E-state index is 0.00572. The molecule has 6 heteroatoms. The number of rotatable bonds is 7. The highest BCUT2D eigenvalue weighted by Crippen LogP contribution is 2.52. The molecule has 24 heavy (non-hydrogen) atoms. The maximum atomic E-state index is 11.8. The number of nitrogens with one attached hydrogen (secondary N) is 1. The molecule has 0 bridgehead atoms. The second-order valence-corrected chi connectivity index (χ2v) is 6.35. The summed E-state index contributed by atoms with van der Waals surface area (Å²) in [6, 6.07) is 7.98. The maximum Gasteiger partial charge on any atom is 0.246 e. The van der Waals surface area contributed by atoms with Gasteiger partial charge in [0.25, 0.3) is 0 Å². The second-order valence-electron chi connectivity index (χ2n) is 6.35. The molecule has 1 aliphatic rings. The Morgan fingerprint density at radius 2 is 2.25 bits per heavy atom. The number of hydrogen-bond donors (Lipinski definition) is 1. The van der Waals surface area contributed by atoms with Gasteiger partial charge < -0.3 is 14.6 Å². The molecule has 1 heterocycles. The predicted molar refractivity (Wildman–Crippen MR) is 88.6 cm³/mol. The van der Waals surface area contributed by atoms with Crippen molar-refractivity contribution < 1.29 is 14.1 Å². The number of aromatic nitrogens is 2. The van der Waals surface area contributed by atoms with E-state index >= 15 is 0 Å². The molecule has 1 N–H and O–H groups in total. The van der Waals surface area contributed by atoms with Crippen molar-refractivity contribution in [3.63, 3.8) is 0 Å². The summed E-state index contributed by atoms with van der Waals surface area (Å²) in [5, 5.41) is 6.98. The van der Waals surface area contributed by atoms with Crippen molar-refractivity contribution in [2.45, 2.75) is 45.1 Å². The molecule has 1 fully saturated rings. The zero-order valence-electron chi connectivity index (χ0n) is 14.3. The van der Waals surface area contributed by atoms with E-state index < -0.39 is 0 Å². The van der Waals surface area contributed by atoms with Gasteiger partial charge in [-0.25, -0.2) is 0 Å². The number of hydrogen-bond acceptors (Lipinski definition) is 5. The molecule has 1 saturated carbocycles. The van der Waals surface area contributed by atoms with Gasteiger partial charge in [-0.1, -0.05) is 31.1 Å². The lowest BCUT2D eigenvalue weighted by molar-refractivity contribution is -0.124. The summed E-state index contributed by atoms with van der Waals surface area (Å²) in [7, 11) is 1.66. The summed E-state index contributed by atoms with van der Waals surface area (Å²) in [4.78, 5) is 16.3. The quantitative estimate of drug-likeness (QED) is 0.845. The van der Waals surface area contributed by atoms with Gasteiger partial charge in [-0.15, -0.1) is 0 Å². The SMILES string of the molecule is CCC(C)C(=O)NCc1nc(C2(c3cccc(OC)c3)CC2)no1. The maximum absolute atomic E-state index is 11.8. The van der Waals surface area contributed by atoms with Crippen LogP contribution in [0.5, 0.6) is 5.75 Å². The molecule has 1 aromatic carbocycles. The van der Waals surface area contributed by atoms with Gasteiger partial charge in [0.05, 0.1) is 19.1 Å². The largest absolute Gasteiger partial charge is 0.497 e. The number of carbonyl (C=O) groups is 1. The van der Waals surface area contributed by atoms with E-state index in [1.165, 1.54) is 0 Å². The molecule has 0 aliphatic heterocycles. The first-order valence-corrected chi connectivity index (χ1v) is 8.34. The van der Waals surface area contributed by atoms with Crippen molar-refractivity contribution in [2.75, 3.05) is 7.11 Å². The van der Waals surface area contributed by atoms with Crippen molar-refractivity contribution in [3.8, 4) is 5.75 Å². The summed E-state index contributed by atoms with van der Waals surface area (Å²) >= 11 is 0. The minimum Gasteiger partial charge on any atom is -0.497 e. The van der Waals surface area contributed by atoms with Crippen molar-refractivity contribution >= 4 is 5.91 Å². The molecule has 2 aromatic rings. The van der Waals surface area contributed by atoms with Gasteiger partial charge in [0.15, 0.2) is 5.82 Å². The second kappa shape index (κ2) is 6.63. The predicted octanol–water partition coefficient (Wildman–Crippen LogP) is 2.82. The van der Waals surface area contributed by atoms with E-state index in [-0.39, 0.29) is 23.8 Å². The third-order valence-corrected chi connectivity index (χ3v) is 4.74.